The maximum absolute atomic E-state index is 13.5. The largest absolute Gasteiger partial charge is 0.346 e. The zero-order valence-electron chi connectivity index (χ0n) is 23.9. The molecular formula is C34H37N5O2. The van der Waals surface area contributed by atoms with E-state index < -0.39 is 0 Å². The molecule has 0 bridgehead atoms. The van der Waals surface area contributed by atoms with Crippen molar-refractivity contribution in [3.05, 3.63) is 95.2 Å². The van der Waals surface area contributed by atoms with Gasteiger partial charge in [0.1, 0.15) is 5.69 Å². The van der Waals surface area contributed by atoms with Gasteiger partial charge in [-0.25, -0.2) is 4.79 Å². The summed E-state index contributed by atoms with van der Waals surface area (Å²) in [5, 5.41) is 8.56. The van der Waals surface area contributed by atoms with Crippen molar-refractivity contribution >= 4 is 11.9 Å². The lowest BCUT2D eigenvalue weighted by molar-refractivity contribution is 0.0792. The summed E-state index contributed by atoms with van der Waals surface area (Å²) in [5.41, 5.74) is 7.99. The molecule has 0 aliphatic carbocycles. The second-order valence-electron chi connectivity index (χ2n) is 11.4. The van der Waals surface area contributed by atoms with Gasteiger partial charge in [0.2, 0.25) is 0 Å². The molecule has 210 valence electrons. The van der Waals surface area contributed by atoms with Gasteiger partial charge < -0.3 is 9.80 Å². The molecule has 4 aromatic rings. The van der Waals surface area contributed by atoms with Gasteiger partial charge in [0.25, 0.3) is 5.91 Å². The summed E-state index contributed by atoms with van der Waals surface area (Å²) in [6.45, 7) is 6.58. The smallest absolute Gasteiger partial charge is 0.339 e. The number of amides is 2. The van der Waals surface area contributed by atoms with E-state index >= 15 is 0 Å². The van der Waals surface area contributed by atoms with Crippen molar-refractivity contribution in [3.63, 3.8) is 0 Å². The zero-order valence-corrected chi connectivity index (χ0v) is 23.9. The van der Waals surface area contributed by atoms with Gasteiger partial charge in [-0.3, -0.25) is 4.79 Å². The third-order valence-electron chi connectivity index (χ3n) is 8.52. The summed E-state index contributed by atoms with van der Waals surface area (Å²) in [6.07, 6.45) is 7.89. The highest BCUT2D eigenvalue weighted by atomic mass is 16.2. The zero-order chi connectivity index (χ0) is 28.3. The molecule has 2 saturated heterocycles. The van der Waals surface area contributed by atoms with E-state index in [0.717, 1.165) is 91.5 Å². The molecule has 0 saturated carbocycles. The first-order valence-electron chi connectivity index (χ1n) is 14.8. The molecule has 3 aromatic carbocycles. The number of aryl methyl sites for hydroxylation is 2. The lowest BCUT2D eigenvalue weighted by Gasteiger charge is -2.35. The van der Waals surface area contributed by atoms with Crippen LogP contribution in [0.1, 0.15) is 59.2 Å². The van der Waals surface area contributed by atoms with Crippen molar-refractivity contribution in [2.75, 3.05) is 19.6 Å². The lowest BCUT2D eigenvalue weighted by atomic mass is 9.92. The molecule has 2 aliphatic rings. The van der Waals surface area contributed by atoms with E-state index in [1.165, 1.54) is 10.2 Å². The molecule has 6 rings (SSSR count). The molecule has 0 radical (unpaired) electrons. The first-order chi connectivity index (χ1) is 20.0. The van der Waals surface area contributed by atoms with Crippen LogP contribution in [0.3, 0.4) is 0 Å². The second-order valence-corrected chi connectivity index (χ2v) is 11.4. The molecule has 3 heterocycles. The van der Waals surface area contributed by atoms with Crippen molar-refractivity contribution in [1.29, 1.82) is 0 Å². The lowest BCUT2D eigenvalue weighted by Crippen LogP contribution is -2.46. The summed E-state index contributed by atoms with van der Waals surface area (Å²) in [4.78, 5) is 30.3. The molecule has 7 nitrogen and oxygen atoms in total. The first-order valence-corrected chi connectivity index (χ1v) is 14.8. The highest BCUT2D eigenvalue weighted by Gasteiger charge is 2.29. The number of nitrogens with zero attached hydrogens (tertiary/aromatic N) is 5. The van der Waals surface area contributed by atoms with Gasteiger partial charge in [-0.05, 0) is 92.3 Å². The maximum atomic E-state index is 13.5. The Balaban J connectivity index is 1.18. The molecule has 0 N–H and O–H groups in total. The monoisotopic (exact) mass is 547 g/mol. The third-order valence-corrected chi connectivity index (χ3v) is 8.52. The van der Waals surface area contributed by atoms with E-state index in [4.69, 9.17) is 0 Å². The molecule has 2 fully saturated rings. The fourth-order valence-electron chi connectivity index (χ4n) is 6.42. The Labute approximate surface area is 241 Å². The number of carbonyl (C=O) groups is 2. The Morgan fingerprint density at radius 2 is 1.49 bits per heavy atom. The number of benzene rings is 3. The molecular weight excluding hydrogens is 510 g/mol. The van der Waals surface area contributed by atoms with Gasteiger partial charge in [-0.1, -0.05) is 59.8 Å². The van der Waals surface area contributed by atoms with Crippen LogP contribution in [0.2, 0.25) is 0 Å². The molecule has 2 aliphatic heterocycles. The predicted octanol–water partition coefficient (Wildman–Crippen LogP) is 6.53. The average molecular weight is 548 g/mol. The highest BCUT2D eigenvalue weighted by Crippen LogP contribution is 2.31. The Morgan fingerprint density at radius 1 is 0.829 bits per heavy atom. The molecule has 41 heavy (non-hydrogen) atoms. The average Bonchev–Trinajstić information content (AvgIpc) is 3.71. The number of aromatic nitrogens is 3. The van der Waals surface area contributed by atoms with Crippen LogP contribution in [0.5, 0.6) is 0 Å². The van der Waals surface area contributed by atoms with Gasteiger partial charge in [-0.15, -0.1) is 5.10 Å². The highest BCUT2D eigenvalue weighted by molar-refractivity contribution is 5.96. The van der Waals surface area contributed by atoms with Crippen LogP contribution in [0.4, 0.5) is 4.79 Å². The number of hydrogen-bond donors (Lipinski definition) is 0. The quantitative estimate of drug-likeness (QED) is 0.285. The minimum Gasteiger partial charge on any atom is -0.339 e. The standard InChI is InChI=1S/C34H37N5O2/c1-24-20-29(33(40)37-17-8-9-18-37)21-25(2)32(24)28-15-13-27(14-16-28)31-23-39(36-35-31)34(41)38-19-7-6-12-30(38)22-26-10-4-3-5-11-26/h3-5,10-11,13-16,20-21,23,30H,6-9,12,17-19,22H2,1-2H3. The molecule has 0 spiro atoms. The molecule has 1 atom stereocenters. The van der Waals surface area contributed by atoms with Crippen LogP contribution in [-0.4, -0.2) is 62.4 Å². The van der Waals surface area contributed by atoms with Crippen LogP contribution < -0.4 is 0 Å². The maximum Gasteiger partial charge on any atom is 0.346 e. The van der Waals surface area contributed by atoms with E-state index in [0.29, 0.717) is 5.69 Å². The van der Waals surface area contributed by atoms with E-state index in [-0.39, 0.29) is 18.0 Å². The van der Waals surface area contributed by atoms with E-state index in [9.17, 15) is 9.59 Å². The van der Waals surface area contributed by atoms with Crippen LogP contribution in [-0.2, 0) is 6.42 Å². The first kappa shape index (κ1) is 26.9. The fraction of sp³-hybridized carbons (Fsp3) is 0.353. The minimum absolute atomic E-state index is 0.115. The van der Waals surface area contributed by atoms with E-state index in [1.54, 1.807) is 6.20 Å². The molecule has 2 amide bonds. The third kappa shape index (κ3) is 5.67. The van der Waals surface area contributed by atoms with E-state index in [2.05, 4.69) is 48.4 Å². The van der Waals surface area contributed by atoms with E-state index in [1.807, 2.05) is 52.3 Å². The van der Waals surface area contributed by atoms with Gasteiger partial charge in [0.15, 0.2) is 0 Å². The predicted molar refractivity (Wildman–Crippen MR) is 161 cm³/mol. The normalized spacial score (nSPS) is 17.2. The van der Waals surface area contributed by atoms with Crippen LogP contribution >= 0.6 is 0 Å². The van der Waals surface area contributed by atoms with Crippen molar-refractivity contribution in [3.8, 4) is 22.4 Å². The summed E-state index contributed by atoms with van der Waals surface area (Å²) < 4.78 is 1.39. The summed E-state index contributed by atoms with van der Waals surface area (Å²) >= 11 is 0. The van der Waals surface area contributed by atoms with Gasteiger partial charge in [0, 0.05) is 36.8 Å². The summed E-state index contributed by atoms with van der Waals surface area (Å²) in [7, 11) is 0. The van der Waals surface area contributed by atoms with Crippen molar-refractivity contribution in [2.24, 2.45) is 0 Å². The Morgan fingerprint density at radius 3 is 2.20 bits per heavy atom. The Kier molecular flexibility index (Phi) is 7.68. The Hall–Kier alpha value is -4.26. The molecule has 1 aromatic heterocycles. The van der Waals surface area contributed by atoms with Crippen molar-refractivity contribution in [1.82, 2.24) is 24.8 Å². The summed E-state index contributed by atoms with van der Waals surface area (Å²) in [6, 6.07) is 22.6. The van der Waals surface area contributed by atoms with Crippen molar-refractivity contribution in [2.45, 2.75) is 58.4 Å². The SMILES string of the molecule is Cc1cc(C(=O)N2CCCC2)cc(C)c1-c1ccc(-c2cn(C(=O)N3CCCCC3Cc3ccccc3)nn2)cc1. The van der Waals surface area contributed by atoms with Crippen LogP contribution in [0.25, 0.3) is 22.4 Å². The van der Waals surface area contributed by atoms with Crippen LogP contribution in [0.15, 0.2) is 72.9 Å². The minimum atomic E-state index is -0.115. The topological polar surface area (TPSA) is 71.3 Å². The fourth-order valence-corrected chi connectivity index (χ4v) is 6.42. The summed E-state index contributed by atoms with van der Waals surface area (Å²) in [5.74, 6) is 0.129. The van der Waals surface area contributed by atoms with Crippen molar-refractivity contribution < 1.29 is 9.59 Å². The van der Waals surface area contributed by atoms with Crippen LogP contribution in [0, 0.1) is 13.8 Å². The molecule has 7 heteroatoms. The van der Waals surface area contributed by atoms with Gasteiger partial charge >= 0.3 is 6.03 Å². The van der Waals surface area contributed by atoms with Gasteiger partial charge in [-0.2, -0.15) is 4.68 Å². The number of hydrogen-bond acceptors (Lipinski definition) is 4. The Bertz CT molecular complexity index is 1510. The molecule has 1 unspecified atom stereocenters. The van der Waals surface area contributed by atoms with Gasteiger partial charge in [0.05, 0.1) is 6.20 Å². The second kappa shape index (κ2) is 11.7. The number of rotatable bonds is 5. The number of piperidine rings is 1. The number of carbonyl (C=O) groups excluding carboxylic acids is 2. The number of likely N-dealkylation sites (tertiary alicyclic amines) is 2.